The Labute approximate surface area is 415 Å². The van der Waals surface area contributed by atoms with Crippen molar-refractivity contribution >= 4 is 12.6 Å². The number of nitrogens with zero attached hydrogens (tertiary/aromatic N) is 2. The molecule has 368 valence electrons. The highest BCUT2D eigenvalue weighted by molar-refractivity contribution is 6.63. The number of ether oxygens (including phenoxy) is 6. The van der Waals surface area contributed by atoms with Crippen molar-refractivity contribution in [1.82, 2.24) is 9.80 Å². The van der Waals surface area contributed by atoms with Gasteiger partial charge in [-0.2, -0.15) is 0 Å². The smallest absolute Gasteiger partial charge is 0.491 e. The molecule has 6 aromatic rings. The van der Waals surface area contributed by atoms with Gasteiger partial charge in [0.25, 0.3) is 0 Å². The van der Waals surface area contributed by atoms with E-state index in [1.54, 1.807) is 0 Å². The highest BCUT2D eigenvalue weighted by Crippen LogP contribution is 2.33. The van der Waals surface area contributed by atoms with E-state index in [-0.39, 0.29) is 18.3 Å². The van der Waals surface area contributed by atoms with Gasteiger partial charge in [0, 0.05) is 44.7 Å². The van der Waals surface area contributed by atoms with Crippen LogP contribution in [0.1, 0.15) is 84.4 Å². The Morgan fingerprint density at radius 1 is 0.600 bits per heavy atom. The molecule has 2 saturated heterocycles. The van der Waals surface area contributed by atoms with E-state index in [1.165, 1.54) is 22.3 Å². The van der Waals surface area contributed by atoms with Gasteiger partial charge in [-0.05, 0) is 104 Å². The second kappa shape index (κ2) is 23.7. The molecule has 11 nitrogen and oxygen atoms in total. The number of aliphatic hydroxyl groups excluding tert-OH is 1. The summed E-state index contributed by atoms with van der Waals surface area (Å²) in [6.07, 6.45) is -1.16. The normalized spacial score (nSPS) is 19.5. The van der Waals surface area contributed by atoms with Crippen LogP contribution in [0.25, 0.3) is 0 Å². The summed E-state index contributed by atoms with van der Waals surface area (Å²) in [6.45, 7) is 17.7. The third kappa shape index (κ3) is 14.4. The molecule has 0 aromatic heterocycles. The van der Waals surface area contributed by atoms with E-state index in [1.807, 2.05) is 89.2 Å². The van der Waals surface area contributed by atoms with Gasteiger partial charge in [0.15, 0.2) is 11.6 Å². The molecule has 9 rings (SSSR count). The number of fused-ring (bicyclic) bond motifs is 1. The quantitative estimate of drug-likeness (QED) is 0.0759. The van der Waals surface area contributed by atoms with Gasteiger partial charge in [-0.3, -0.25) is 9.80 Å². The molecule has 2 fully saturated rings. The fraction of sp³-hybridized carbons (Fsp3) is 0.379. The summed E-state index contributed by atoms with van der Waals surface area (Å²) < 4.78 is 41.3. The Bertz CT molecular complexity index is 2470. The van der Waals surface area contributed by atoms with Crippen LogP contribution in [0.2, 0.25) is 0 Å². The van der Waals surface area contributed by atoms with E-state index in [2.05, 4.69) is 114 Å². The topological polar surface area (TPSA) is 112 Å². The lowest BCUT2D eigenvalue weighted by Crippen LogP contribution is -2.32. The van der Waals surface area contributed by atoms with Crippen LogP contribution in [0.15, 0.2) is 152 Å². The van der Waals surface area contributed by atoms with Gasteiger partial charge in [-0.25, -0.2) is 0 Å². The lowest BCUT2D eigenvalue weighted by molar-refractivity contribution is -0.141. The predicted octanol–water partition coefficient (Wildman–Crippen LogP) is 9.25. The standard InChI is InChI=1S/C29H34BNO5.C29H35NO4/c1-21-14-15-25(33-19-24-20-34-29(2,3)35-24)28-27(21)26(36-30(28)32)18-31(16-22-10-6-4-7-11-22)17-23-12-8-5-9-13-23;1-22-14-15-25(32-20-26-21-33-29(2,3)34-26)16-27(22)28(31)19-30(17-23-10-6-4-7-11-23)18-24-12-8-5-9-13-24/h4-15,24,26,32H,16-20H2,1-3H3;4-16,26,28,31H,17-21H2,1-3H3/t24-,26+;26-,28+/m00/s1. The minimum atomic E-state index is -1.03. The number of hydrogen-bond donors (Lipinski definition) is 2. The van der Waals surface area contributed by atoms with Crippen LogP contribution in [0.4, 0.5) is 0 Å². The number of benzene rings is 6. The second-order valence-corrected chi connectivity index (χ2v) is 19.5. The molecule has 3 heterocycles. The van der Waals surface area contributed by atoms with Crippen molar-refractivity contribution in [2.45, 2.75) is 104 Å². The van der Waals surface area contributed by atoms with Gasteiger partial charge < -0.3 is 43.2 Å². The van der Waals surface area contributed by atoms with Crippen LogP contribution >= 0.6 is 0 Å². The second-order valence-electron chi connectivity index (χ2n) is 19.5. The Kier molecular flexibility index (Phi) is 17.3. The van der Waals surface area contributed by atoms with Crippen molar-refractivity contribution < 1.29 is 43.2 Å². The molecule has 0 bridgehead atoms. The molecule has 0 spiro atoms. The molecule has 3 aliphatic heterocycles. The summed E-state index contributed by atoms with van der Waals surface area (Å²) in [7, 11) is -1.03. The van der Waals surface area contributed by atoms with Crippen molar-refractivity contribution in [1.29, 1.82) is 0 Å². The van der Waals surface area contributed by atoms with Gasteiger partial charge in [0.1, 0.15) is 36.9 Å². The fourth-order valence-electron chi connectivity index (χ4n) is 9.40. The maximum Gasteiger partial charge on any atom is 0.495 e. The monoisotopic (exact) mass is 949 g/mol. The largest absolute Gasteiger partial charge is 0.495 e. The fourth-order valence-corrected chi connectivity index (χ4v) is 9.40. The highest BCUT2D eigenvalue weighted by Gasteiger charge is 2.41. The minimum absolute atomic E-state index is 0.100. The first kappa shape index (κ1) is 51.0. The first-order valence-corrected chi connectivity index (χ1v) is 24.5. The van der Waals surface area contributed by atoms with E-state index in [0.717, 1.165) is 59.6 Å². The molecule has 0 aliphatic carbocycles. The summed E-state index contributed by atoms with van der Waals surface area (Å²) in [5.74, 6) is 0.198. The SMILES string of the molecule is Cc1ccc(OC[C@H]2COC(C)(C)O2)c2c1[C@@H](CN(Cc1ccccc1)Cc1ccccc1)OB2O.Cc1ccc(OC[C@H]2COC(C)(C)O2)cc1[C@H](O)CN(Cc1ccccc1)Cc1ccccc1. The summed E-state index contributed by atoms with van der Waals surface area (Å²) >= 11 is 0. The maximum absolute atomic E-state index is 11.3. The zero-order chi connectivity index (χ0) is 49.1. The van der Waals surface area contributed by atoms with Crippen LogP contribution < -0.4 is 14.9 Å². The summed E-state index contributed by atoms with van der Waals surface area (Å²) in [4.78, 5) is 4.66. The Balaban J connectivity index is 0.000000189. The minimum Gasteiger partial charge on any atom is -0.491 e. The van der Waals surface area contributed by atoms with E-state index in [0.29, 0.717) is 45.3 Å². The van der Waals surface area contributed by atoms with E-state index in [4.69, 9.17) is 33.1 Å². The van der Waals surface area contributed by atoms with Gasteiger partial charge in [-0.1, -0.05) is 133 Å². The molecule has 4 atom stereocenters. The Morgan fingerprint density at radius 3 is 1.53 bits per heavy atom. The zero-order valence-electron chi connectivity index (χ0n) is 41.5. The van der Waals surface area contributed by atoms with Crippen LogP contribution in [0, 0.1) is 13.8 Å². The van der Waals surface area contributed by atoms with Gasteiger partial charge in [-0.15, -0.1) is 0 Å². The van der Waals surface area contributed by atoms with Crippen LogP contribution in [-0.2, 0) is 49.8 Å². The highest BCUT2D eigenvalue weighted by atomic mass is 16.8. The lowest BCUT2D eigenvalue weighted by Gasteiger charge is -2.27. The Morgan fingerprint density at radius 2 is 1.06 bits per heavy atom. The Hall–Kier alpha value is -5.38. The van der Waals surface area contributed by atoms with Gasteiger partial charge in [0.05, 0.1) is 25.4 Å². The molecule has 0 radical (unpaired) electrons. The molecular weight excluding hydrogens is 879 g/mol. The maximum atomic E-state index is 11.3. The van der Waals surface area contributed by atoms with Crippen molar-refractivity contribution in [3.63, 3.8) is 0 Å². The van der Waals surface area contributed by atoms with Crippen LogP contribution in [-0.4, -0.2) is 90.3 Å². The molecule has 2 N–H and O–H groups in total. The molecule has 70 heavy (non-hydrogen) atoms. The first-order chi connectivity index (χ1) is 33.8. The number of aryl methyl sites for hydroxylation is 2. The van der Waals surface area contributed by atoms with Gasteiger partial charge >= 0.3 is 7.12 Å². The third-order valence-corrected chi connectivity index (χ3v) is 12.8. The third-order valence-electron chi connectivity index (χ3n) is 12.8. The summed E-state index contributed by atoms with van der Waals surface area (Å²) in [5.41, 5.74) is 9.66. The molecule has 0 amide bonds. The molecule has 3 aliphatic rings. The lowest BCUT2D eigenvalue weighted by atomic mass is 9.77. The molecule has 12 heteroatoms. The van der Waals surface area contributed by atoms with Crippen molar-refractivity contribution in [2.75, 3.05) is 39.5 Å². The summed E-state index contributed by atoms with van der Waals surface area (Å²) in [5, 5.41) is 22.2. The first-order valence-electron chi connectivity index (χ1n) is 24.5. The molecular formula is C58H69BN2O9. The zero-order valence-corrected chi connectivity index (χ0v) is 41.5. The van der Waals surface area contributed by atoms with Crippen LogP contribution in [0.5, 0.6) is 11.5 Å². The van der Waals surface area contributed by atoms with Gasteiger partial charge in [0.2, 0.25) is 0 Å². The predicted molar refractivity (Wildman–Crippen MR) is 274 cm³/mol. The molecule has 6 aromatic carbocycles. The van der Waals surface area contributed by atoms with Crippen molar-refractivity contribution in [3.8, 4) is 11.5 Å². The molecule has 0 saturated carbocycles. The van der Waals surface area contributed by atoms with E-state index >= 15 is 0 Å². The average molecular weight is 949 g/mol. The number of rotatable bonds is 19. The molecule has 0 unspecified atom stereocenters. The van der Waals surface area contributed by atoms with Crippen molar-refractivity contribution in [2.24, 2.45) is 0 Å². The number of hydrogen-bond acceptors (Lipinski definition) is 11. The summed E-state index contributed by atoms with van der Waals surface area (Å²) in [6, 6.07) is 51.5. The van der Waals surface area contributed by atoms with Crippen molar-refractivity contribution in [3.05, 3.63) is 196 Å². The average Bonchev–Trinajstić information content (AvgIpc) is 4.01. The number of aliphatic hydroxyl groups is 1. The van der Waals surface area contributed by atoms with Crippen LogP contribution in [0.3, 0.4) is 0 Å². The van der Waals surface area contributed by atoms with E-state index in [9.17, 15) is 10.1 Å². The van der Waals surface area contributed by atoms with E-state index < -0.39 is 24.8 Å².